The smallest absolute Gasteiger partial charge is 0.550 e. The molecule has 1 aliphatic carbocycles. The Morgan fingerprint density at radius 2 is 1.51 bits per heavy atom. The minimum atomic E-state index is -1.37. The molecule has 4 fully saturated rings. The van der Waals surface area contributed by atoms with Gasteiger partial charge in [-0.2, -0.15) is 0 Å². The molecule has 73 heavy (non-hydrogen) atoms. The minimum Gasteiger partial charge on any atom is -0.550 e. The summed E-state index contributed by atoms with van der Waals surface area (Å²) in [5.41, 5.74) is -0.670. The van der Waals surface area contributed by atoms with Gasteiger partial charge in [0.15, 0.2) is 11.6 Å². The number of phenols is 2. The molecule has 4 saturated heterocycles. The van der Waals surface area contributed by atoms with Crippen LogP contribution in [0.1, 0.15) is 171 Å². The van der Waals surface area contributed by atoms with Crippen molar-refractivity contribution >= 4 is 23.3 Å². The number of Topliss-reactive ketones (excluding diaryl/α,β-unsaturated/α-hetero) is 1. The number of aromatic hydroxyl groups is 2. The van der Waals surface area contributed by atoms with Crippen LogP contribution in [0.25, 0.3) is 0 Å². The van der Waals surface area contributed by atoms with E-state index in [1.165, 1.54) is 24.3 Å². The van der Waals surface area contributed by atoms with Crippen LogP contribution in [-0.2, 0) is 33.3 Å². The van der Waals surface area contributed by atoms with Gasteiger partial charge in [-0.05, 0) is 126 Å². The van der Waals surface area contributed by atoms with Crippen LogP contribution in [0.4, 0.5) is 0 Å². The van der Waals surface area contributed by atoms with Crippen LogP contribution in [0, 0.1) is 48.3 Å². The van der Waals surface area contributed by atoms with Gasteiger partial charge in [-0.1, -0.05) is 67.5 Å². The van der Waals surface area contributed by atoms with E-state index in [-0.39, 0.29) is 105 Å². The topological polar surface area (TPSA) is 239 Å². The molecule has 18 atom stereocenters. The molecule has 15 nitrogen and oxygen atoms in total. The van der Waals surface area contributed by atoms with Crippen molar-refractivity contribution in [2.75, 3.05) is 0 Å². The van der Waals surface area contributed by atoms with Crippen molar-refractivity contribution in [3.05, 3.63) is 70.3 Å². The maximum atomic E-state index is 14.4. The second-order valence-electron chi connectivity index (χ2n) is 22.5. The Labute approximate surface area is 453 Å². The molecular weight excluding hydrogens is 948 g/mol. The average Bonchev–Trinajstić information content (AvgIpc) is 3.68. The molecule has 0 saturated carbocycles. The normalized spacial score (nSPS) is 36.9. The molecule has 18 unspecified atom stereocenters. The van der Waals surface area contributed by atoms with Gasteiger partial charge >= 0.3 is 29.6 Å². The Morgan fingerprint density at radius 1 is 0.836 bits per heavy atom. The maximum Gasteiger partial charge on any atom is 1.00 e. The largest absolute Gasteiger partial charge is 1.00 e. The van der Waals surface area contributed by atoms with Crippen LogP contribution >= 0.6 is 0 Å². The van der Waals surface area contributed by atoms with Gasteiger partial charge in [0.1, 0.15) is 23.4 Å². The summed E-state index contributed by atoms with van der Waals surface area (Å²) in [6, 6.07) is 7.36. The van der Waals surface area contributed by atoms with Gasteiger partial charge in [-0.25, -0.2) is 0 Å². The van der Waals surface area contributed by atoms with E-state index in [1.54, 1.807) is 32.1 Å². The Balaban J connectivity index is 0.000000361. The average molecular weight is 1030 g/mol. The molecule has 6 aliphatic rings. The first-order valence-electron chi connectivity index (χ1n) is 26.5. The van der Waals surface area contributed by atoms with Gasteiger partial charge in [-0.3, -0.25) is 14.4 Å². The van der Waals surface area contributed by atoms with Crippen molar-refractivity contribution in [2.24, 2.45) is 41.4 Å². The molecule has 2 aromatic rings. The standard InChI is InChI=1S/C42H70O11.C15H10O4.Na/c1-11-29(38(46)47)31-15-14-23(4)36(50-31)27(8)34(44)26(7)35(45)30(12-2)37-24(5)22-25(6)41(51-37)19-16-32(43)42(53-41)21-20-39(10,52-42)33-17-18-40(48,13-3)28(9)49-33;1-7-5-9-13(11(17)6-7)15(19)12-8(14(9)18)3-2-4-10(12)16;/h16,19,23-34,36-37,43-44,48H,11-15,17-18,20-22H2,1-10H3,(H,46,47);2-6,16-17H,1H3;/q;;+1/p-1. The van der Waals surface area contributed by atoms with E-state index >= 15 is 0 Å². The van der Waals surface area contributed by atoms with Crippen LogP contribution in [0.3, 0.4) is 0 Å². The Kier molecular flexibility index (Phi) is 18.5. The summed E-state index contributed by atoms with van der Waals surface area (Å²) in [7, 11) is 0. The first kappa shape index (κ1) is 59.2. The third kappa shape index (κ3) is 11.1. The molecule has 398 valence electrons. The molecule has 5 heterocycles. The predicted molar refractivity (Wildman–Crippen MR) is 264 cm³/mol. The summed E-state index contributed by atoms with van der Waals surface area (Å²) in [5, 5.41) is 65.6. The van der Waals surface area contributed by atoms with Crippen LogP contribution in [0.5, 0.6) is 11.5 Å². The summed E-state index contributed by atoms with van der Waals surface area (Å²) in [4.78, 5) is 50.9. The van der Waals surface area contributed by atoms with Crippen molar-refractivity contribution in [1.82, 2.24) is 0 Å². The van der Waals surface area contributed by atoms with Gasteiger partial charge in [-0.15, -0.1) is 0 Å². The van der Waals surface area contributed by atoms with E-state index in [2.05, 4.69) is 20.8 Å². The first-order chi connectivity index (χ1) is 33.8. The molecule has 5 aliphatic heterocycles. The Morgan fingerprint density at radius 3 is 2.14 bits per heavy atom. The Hall–Kier alpha value is -3.06. The molecule has 16 heteroatoms. The first-order valence-corrected chi connectivity index (χ1v) is 26.5. The van der Waals surface area contributed by atoms with Crippen LogP contribution < -0.4 is 34.7 Å². The van der Waals surface area contributed by atoms with Crippen molar-refractivity contribution in [3.63, 3.8) is 0 Å². The van der Waals surface area contributed by atoms with Crippen LogP contribution in [0.2, 0.25) is 0 Å². The number of phenolic OH excluding ortho intramolecular Hbond substituents is 2. The van der Waals surface area contributed by atoms with Crippen molar-refractivity contribution < 1.29 is 103 Å². The number of aryl methyl sites for hydroxylation is 1. The molecule has 0 radical (unpaired) electrons. The van der Waals surface area contributed by atoms with Crippen molar-refractivity contribution in [2.45, 2.75) is 206 Å². The summed E-state index contributed by atoms with van der Waals surface area (Å²) < 4.78 is 33.4. The molecule has 0 bridgehead atoms. The van der Waals surface area contributed by atoms with Gasteiger partial charge < -0.3 is 59.1 Å². The number of carbonyl (C=O) groups is 4. The molecule has 0 aromatic heterocycles. The third-order valence-electron chi connectivity index (χ3n) is 17.7. The quantitative estimate of drug-likeness (QED) is 0.127. The van der Waals surface area contributed by atoms with E-state index in [0.717, 1.165) is 6.42 Å². The number of aliphatic hydroxyl groups excluding tert-OH is 2. The van der Waals surface area contributed by atoms with E-state index in [1.807, 2.05) is 41.5 Å². The number of carbonyl (C=O) groups excluding carboxylic acids is 4. The third-order valence-corrected chi connectivity index (χ3v) is 17.7. The van der Waals surface area contributed by atoms with Gasteiger partial charge in [0, 0.05) is 53.1 Å². The molecular formula is C57H79NaO15. The Bertz CT molecular complexity index is 2390. The fourth-order valence-corrected chi connectivity index (χ4v) is 12.9. The molecule has 2 spiro atoms. The molecule has 5 N–H and O–H groups in total. The number of aliphatic carboxylic acids is 1. The number of carboxylic acid groups (broad SMARTS) is 1. The summed E-state index contributed by atoms with van der Waals surface area (Å²) in [5.74, 6) is -7.61. The molecule has 8 rings (SSSR count). The molecule has 2 aromatic carbocycles. The van der Waals surface area contributed by atoms with Gasteiger partial charge in [0.2, 0.25) is 11.6 Å². The summed E-state index contributed by atoms with van der Waals surface area (Å²) in [6.07, 6.45) is 5.22. The van der Waals surface area contributed by atoms with E-state index < -0.39 is 88.7 Å². The predicted octanol–water partition coefficient (Wildman–Crippen LogP) is 4.04. The summed E-state index contributed by atoms with van der Waals surface area (Å²) in [6.45, 7) is 21.2. The number of carboxylic acids is 1. The van der Waals surface area contributed by atoms with Crippen LogP contribution in [0.15, 0.2) is 42.5 Å². The summed E-state index contributed by atoms with van der Waals surface area (Å²) >= 11 is 0. The fraction of sp³-hybridized carbons (Fsp3) is 0.684. The SMILES string of the molecule is CCC(C(=O)[O-])C1CCC(C)C(C(C)C(O)C(C)C(=O)C(CC)C2OC3(C=CC(O)C4(CCC(C)(C5CCC(O)(CC)C(C)O5)O4)O3)C(C)CC2C)O1.Cc1cc(O)c2c(c1)C(=O)c1cccc(O)c1C2=O.[Na+]. The van der Waals surface area contributed by atoms with E-state index in [4.69, 9.17) is 23.7 Å². The van der Waals surface area contributed by atoms with Crippen LogP contribution in [-0.4, -0.2) is 114 Å². The number of hydrogen-bond acceptors (Lipinski definition) is 15. The number of fused-ring (bicyclic) bond motifs is 2. The number of hydrogen-bond donors (Lipinski definition) is 5. The zero-order valence-electron chi connectivity index (χ0n) is 45.0. The number of ether oxygens (including phenoxy) is 5. The second kappa shape index (κ2) is 22.9. The number of aliphatic hydroxyl groups is 3. The number of rotatable bonds is 12. The van der Waals surface area contributed by atoms with Gasteiger partial charge in [0.25, 0.3) is 0 Å². The zero-order chi connectivity index (χ0) is 53.0. The van der Waals surface area contributed by atoms with E-state index in [0.29, 0.717) is 63.4 Å². The van der Waals surface area contributed by atoms with Crippen molar-refractivity contribution in [1.29, 1.82) is 0 Å². The number of ketones is 3. The minimum absolute atomic E-state index is 0. The molecule has 0 amide bonds. The monoisotopic (exact) mass is 1030 g/mol. The van der Waals surface area contributed by atoms with Gasteiger partial charge in [0.05, 0.1) is 59.0 Å². The maximum absolute atomic E-state index is 14.4. The second-order valence-corrected chi connectivity index (χ2v) is 22.5. The number of benzene rings is 2. The van der Waals surface area contributed by atoms with Crippen molar-refractivity contribution in [3.8, 4) is 11.5 Å². The van der Waals surface area contributed by atoms with E-state index in [9.17, 15) is 49.8 Å². The fourth-order valence-electron chi connectivity index (χ4n) is 12.9. The zero-order valence-corrected chi connectivity index (χ0v) is 47.0.